The molecule has 0 aliphatic carbocycles. The Morgan fingerprint density at radius 3 is 2.10 bits per heavy atom. The summed E-state index contributed by atoms with van der Waals surface area (Å²) in [5.41, 5.74) is -0.766. The third-order valence-electron chi connectivity index (χ3n) is 2.43. The minimum Gasteiger partial charge on any atom is -0.274 e. The van der Waals surface area contributed by atoms with Crippen molar-refractivity contribution in [2.75, 3.05) is 4.72 Å². The molecular formula is C12H6Br2ClF2NO2S. The maximum absolute atomic E-state index is 13.7. The van der Waals surface area contributed by atoms with E-state index in [4.69, 9.17) is 11.6 Å². The molecule has 0 aromatic heterocycles. The Bertz CT molecular complexity index is 792. The van der Waals surface area contributed by atoms with Crippen molar-refractivity contribution in [1.82, 2.24) is 0 Å². The van der Waals surface area contributed by atoms with Gasteiger partial charge in [-0.05, 0) is 30.3 Å². The van der Waals surface area contributed by atoms with E-state index in [9.17, 15) is 17.2 Å². The number of nitrogens with one attached hydrogen (secondary N) is 1. The lowest BCUT2D eigenvalue weighted by Gasteiger charge is -2.11. The topological polar surface area (TPSA) is 46.2 Å². The Morgan fingerprint density at radius 1 is 1.00 bits per heavy atom. The number of rotatable bonds is 3. The molecule has 2 aromatic rings. The SMILES string of the molecule is O=S(=O)(Nc1c(F)cc(Br)cc1F)c1ccc(Br)cc1Cl. The van der Waals surface area contributed by atoms with E-state index in [0.29, 0.717) is 4.47 Å². The van der Waals surface area contributed by atoms with Crippen LogP contribution in [0.1, 0.15) is 0 Å². The second kappa shape index (κ2) is 6.20. The molecule has 0 atom stereocenters. The van der Waals surface area contributed by atoms with Crippen molar-refractivity contribution in [2.45, 2.75) is 4.90 Å². The van der Waals surface area contributed by atoms with Gasteiger partial charge in [0.25, 0.3) is 10.0 Å². The van der Waals surface area contributed by atoms with Gasteiger partial charge in [-0.25, -0.2) is 17.2 Å². The largest absolute Gasteiger partial charge is 0.274 e. The van der Waals surface area contributed by atoms with Gasteiger partial charge in [-0.1, -0.05) is 43.5 Å². The molecule has 0 aliphatic rings. The molecule has 2 aromatic carbocycles. The summed E-state index contributed by atoms with van der Waals surface area (Å²) < 4.78 is 54.3. The van der Waals surface area contributed by atoms with Gasteiger partial charge in [0.05, 0.1) is 5.02 Å². The summed E-state index contributed by atoms with van der Waals surface area (Å²) in [7, 11) is -4.22. The second-order valence-corrected chi connectivity index (χ2v) is 7.81. The molecule has 0 heterocycles. The van der Waals surface area contributed by atoms with Crippen LogP contribution in [0.15, 0.2) is 44.2 Å². The summed E-state index contributed by atoms with van der Waals surface area (Å²) in [6.07, 6.45) is 0. The summed E-state index contributed by atoms with van der Waals surface area (Å²) in [5, 5.41) is -0.0743. The van der Waals surface area contributed by atoms with Gasteiger partial charge in [-0.2, -0.15) is 0 Å². The van der Waals surface area contributed by atoms with E-state index in [-0.39, 0.29) is 14.4 Å². The van der Waals surface area contributed by atoms with Crippen LogP contribution in [0, 0.1) is 11.6 Å². The number of anilines is 1. The van der Waals surface area contributed by atoms with Crippen LogP contribution in [-0.2, 0) is 10.0 Å². The molecule has 0 aliphatic heterocycles. The van der Waals surface area contributed by atoms with Crippen LogP contribution < -0.4 is 4.72 Å². The van der Waals surface area contributed by atoms with Gasteiger partial charge in [0.1, 0.15) is 10.6 Å². The highest BCUT2D eigenvalue weighted by atomic mass is 79.9. The van der Waals surface area contributed by atoms with Gasteiger partial charge < -0.3 is 0 Å². The molecule has 112 valence electrons. The van der Waals surface area contributed by atoms with Gasteiger partial charge in [0, 0.05) is 8.95 Å². The van der Waals surface area contributed by atoms with Crippen LogP contribution in [0.25, 0.3) is 0 Å². The average Bonchev–Trinajstić information content (AvgIpc) is 2.33. The lowest BCUT2D eigenvalue weighted by atomic mass is 10.3. The summed E-state index contributed by atoms with van der Waals surface area (Å²) in [4.78, 5) is -0.283. The van der Waals surface area contributed by atoms with Crippen LogP contribution in [0.2, 0.25) is 5.02 Å². The van der Waals surface area contributed by atoms with Crippen molar-refractivity contribution in [2.24, 2.45) is 0 Å². The van der Waals surface area contributed by atoms with Crippen molar-refractivity contribution >= 4 is 59.2 Å². The Labute approximate surface area is 141 Å². The molecule has 21 heavy (non-hydrogen) atoms. The van der Waals surface area contributed by atoms with E-state index < -0.39 is 27.3 Å². The molecule has 0 saturated carbocycles. The van der Waals surface area contributed by atoms with E-state index in [2.05, 4.69) is 31.9 Å². The van der Waals surface area contributed by atoms with E-state index in [1.807, 2.05) is 4.72 Å². The van der Waals surface area contributed by atoms with Crippen molar-refractivity contribution < 1.29 is 17.2 Å². The monoisotopic (exact) mass is 459 g/mol. The Kier molecular flexibility index (Phi) is 4.92. The molecule has 9 heteroatoms. The first-order valence-corrected chi connectivity index (χ1v) is 8.78. The highest BCUT2D eigenvalue weighted by Crippen LogP contribution is 2.29. The zero-order chi connectivity index (χ0) is 15.8. The molecule has 3 nitrogen and oxygen atoms in total. The smallest absolute Gasteiger partial charge is 0.263 e. The fourth-order valence-electron chi connectivity index (χ4n) is 1.52. The molecule has 1 N–H and O–H groups in total. The van der Waals surface area contributed by atoms with Crippen molar-refractivity contribution in [3.8, 4) is 0 Å². The molecule has 0 saturated heterocycles. The molecule has 0 spiro atoms. The average molecular weight is 462 g/mol. The van der Waals surface area contributed by atoms with Gasteiger partial charge in [-0.3, -0.25) is 4.72 Å². The van der Waals surface area contributed by atoms with Gasteiger partial charge >= 0.3 is 0 Å². The molecule has 0 radical (unpaired) electrons. The number of hydrogen-bond donors (Lipinski definition) is 1. The molecule has 0 amide bonds. The second-order valence-electron chi connectivity index (χ2n) is 3.92. The van der Waals surface area contributed by atoms with Crippen LogP contribution in [0.4, 0.5) is 14.5 Å². The molecular weight excluding hydrogens is 455 g/mol. The molecule has 0 fully saturated rings. The zero-order valence-electron chi connectivity index (χ0n) is 10.0. The normalized spacial score (nSPS) is 11.5. The lowest BCUT2D eigenvalue weighted by Crippen LogP contribution is -2.15. The minimum absolute atomic E-state index is 0.0743. The molecule has 0 bridgehead atoms. The van der Waals surface area contributed by atoms with Crippen molar-refractivity contribution in [1.29, 1.82) is 0 Å². The summed E-state index contributed by atoms with van der Waals surface area (Å²) >= 11 is 11.9. The zero-order valence-corrected chi connectivity index (χ0v) is 14.7. The predicted molar refractivity (Wildman–Crippen MR) is 84.0 cm³/mol. The molecule has 2 rings (SSSR count). The number of sulfonamides is 1. The third-order valence-corrected chi connectivity index (χ3v) is 5.21. The number of halogens is 5. The fourth-order valence-corrected chi connectivity index (χ4v) is 4.04. The quantitative estimate of drug-likeness (QED) is 0.704. The van der Waals surface area contributed by atoms with Crippen LogP contribution >= 0.6 is 43.5 Å². The molecule has 0 unspecified atom stereocenters. The van der Waals surface area contributed by atoms with Gasteiger partial charge in [0.2, 0.25) is 0 Å². The van der Waals surface area contributed by atoms with Gasteiger partial charge in [-0.15, -0.1) is 0 Å². The number of benzene rings is 2. The standard InChI is InChI=1S/C12H6Br2ClF2NO2S/c13-6-1-2-11(8(15)3-6)21(19,20)18-12-9(16)4-7(14)5-10(12)17/h1-5,18H. The van der Waals surface area contributed by atoms with Crippen LogP contribution in [0.3, 0.4) is 0 Å². The van der Waals surface area contributed by atoms with E-state index in [1.54, 1.807) is 0 Å². The summed E-state index contributed by atoms with van der Waals surface area (Å²) in [6, 6.07) is 5.94. The first-order valence-electron chi connectivity index (χ1n) is 5.33. The number of hydrogen-bond acceptors (Lipinski definition) is 2. The Morgan fingerprint density at radius 2 is 1.57 bits per heavy atom. The fraction of sp³-hybridized carbons (Fsp3) is 0. The highest BCUT2D eigenvalue weighted by Gasteiger charge is 2.22. The van der Waals surface area contributed by atoms with Crippen LogP contribution in [0.5, 0.6) is 0 Å². The Hall–Kier alpha value is -0.700. The maximum atomic E-state index is 13.7. The minimum atomic E-state index is -4.22. The first kappa shape index (κ1) is 16.7. The Balaban J connectivity index is 2.47. The maximum Gasteiger partial charge on any atom is 0.263 e. The van der Waals surface area contributed by atoms with E-state index in [0.717, 1.165) is 12.1 Å². The highest BCUT2D eigenvalue weighted by molar-refractivity contribution is 9.10. The van der Waals surface area contributed by atoms with Crippen molar-refractivity contribution in [3.63, 3.8) is 0 Å². The van der Waals surface area contributed by atoms with E-state index >= 15 is 0 Å². The van der Waals surface area contributed by atoms with Crippen LogP contribution in [-0.4, -0.2) is 8.42 Å². The third kappa shape index (κ3) is 3.74. The predicted octanol–water partition coefficient (Wildman–Crippen LogP) is 4.94. The summed E-state index contributed by atoms with van der Waals surface area (Å²) in [6.45, 7) is 0. The van der Waals surface area contributed by atoms with Crippen molar-refractivity contribution in [3.05, 3.63) is 55.9 Å². The van der Waals surface area contributed by atoms with Gasteiger partial charge in [0.15, 0.2) is 11.6 Å². The lowest BCUT2D eigenvalue weighted by molar-refractivity contribution is 0.582. The summed E-state index contributed by atoms with van der Waals surface area (Å²) in [5.74, 6) is -2.09. The van der Waals surface area contributed by atoms with E-state index in [1.165, 1.54) is 18.2 Å². The first-order chi connectivity index (χ1) is 9.70.